The van der Waals surface area contributed by atoms with Crippen LogP contribution >= 0.6 is 15.9 Å². The van der Waals surface area contributed by atoms with E-state index >= 15 is 0 Å². The van der Waals surface area contributed by atoms with E-state index in [9.17, 15) is 9.59 Å². The highest BCUT2D eigenvalue weighted by Gasteiger charge is 2.37. The topological polar surface area (TPSA) is 49.4 Å². The summed E-state index contributed by atoms with van der Waals surface area (Å²) in [6, 6.07) is 6.24. The predicted octanol–water partition coefficient (Wildman–Crippen LogP) is 2.39. The van der Waals surface area contributed by atoms with Crippen LogP contribution in [0.25, 0.3) is 0 Å². The lowest BCUT2D eigenvalue weighted by Gasteiger charge is -2.18. The van der Waals surface area contributed by atoms with E-state index in [1.165, 1.54) is 0 Å². The molecule has 1 saturated carbocycles. The molecule has 0 radical (unpaired) electrons. The standard InChI is InChI=1S/C15H17BrN2O2/c1-9-2-5-13(12(16)6-9)18-8-10(7-14(18)19)15(20)17-11-3-4-11/h2,5-6,10-11H,3-4,7-8H2,1H3,(H,17,20). The normalized spacial score (nSPS) is 22.2. The van der Waals surface area contributed by atoms with Crippen molar-refractivity contribution < 1.29 is 9.59 Å². The van der Waals surface area contributed by atoms with Gasteiger partial charge in [-0.25, -0.2) is 0 Å². The van der Waals surface area contributed by atoms with Gasteiger partial charge < -0.3 is 10.2 Å². The third-order valence-electron chi connectivity index (χ3n) is 3.81. The number of halogens is 1. The van der Waals surface area contributed by atoms with E-state index in [2.05, 4.69) is 21.2 Å². The van der Waals surface area contributed by atoms with Crippen LogP contribution < -0.4 is 10.2 Å². The summed E-state index contributed by atoms with van der Waals surface area (Å²) < 4.78 is 0.897. The van der Waals surface area contributed by atoms with Gasteiger partial charge in [-0.1, -0.05) is 6.07 Å². The number of benzene rings is 1. The molecule has 2 amide bonds. The van der Waals surface area contributed by atoms with Gasteiger partial charge >= 0.3 is 0 Å². The second-order valence-electron chi connectivity index (χ2n) is 5.64. The van der Waals surface area contributed by atoms with Crippen LogP contribution in [0.5, 0.6) is 0 Å². The van der Waals surface area contributed by atoms with Gasteiger partial charge in [0.25, 0.3) is 0 Å². The molecule has 20 heavy (non-hydrogen) atoms. The SMILES string of the molecule is Cc1ccc(N2CC(C(=O)NC3CC3)CC2=O)c(Br)c1. The van der Waals surface area contributed by atoms with Crippen molar-refractivity contribution in [3.63, 3.8) is 0 Å². The van der Waals surface area contributed by atoms with Crippen molar-refractivity contribution >= 4 is 33.4 Å². The summed E-state index contributed by atoms with van der Waals surface area (Å²) in [4.78, 5) is 25.9. The Bertz CT molecular complexity index is 569. The van der Waals surface area contributed by atoms with Crippen LogP contribution in [0.15, 0.2) is 22.7 Å². The number of aryl methyl sites for hydroxylation is 1. The number of carbonyl (C=O) groups is 2. The Labute approximate surface area is 126 Å². The van der Waals surface area contributed by atoms with Crippen LogP contribution in [0, 0.1) is 12.8 Å². The molecule has 106 valence electrons. The number of amides is 2. The number of anilines is 1. The average Bonchev–Trinajstić information content (AvgIpc) is 3.11. The minimum absolute atomic E-state index is 0.0190. The van der Waals surface area contributed by atoms with Crippen LogP contribution in [0.4, 0.5) is 5.69 Å². The van der Waals surface area contributed by atoms with Crippen LogP contribution in [-0.4, -0.2) is 24.4 Å². The Kier molecular flexibility index (Phi) is 3.54. The summed E-state index contributed by atoms with van der Waals surface area (Å²) in [7, 11) is 0. The average molecular weight is 337 g/mol. The van der Waals surface area contributed by atoms with Gasteiger partial charge in [0.15, 0.2) is 0 Å². The highest BCUT2D eigenvalue weighted by Crippen LogP contribution is 2.32. The minimum atomic E-state index is -0.226. The molecular formula is C15H17BrN2O2. The second-order valence-corrected chi connectivity index (χ2v) is 6.50. The molecule has 2 aliphatic rings. The minimum Gasteiger partial charge on any atom is -0.353 e. The van der Waals surface area contributed by atoms with Crippen LogP contribution in [0.3, 0.4) is 0 Å². The van der Waals surface area contributed by atoms with E-state index in [1.54, 1.807) is 4.90 Å². The smallest absolute Gasteiger partial charge is 0.227 e. The zero-order valence-electron chi connectivity index (χ0n) is 11.4. The molecule has 1 saturated heterocycles. The molecule has 3 rings (SSSR count). The van der Waals surface area contributed by atoms with Crippen LogP contribution in [0.1, 0.15) is 24.8 Å². The van der Waals surface area contributed by atoms with Crippen molar-refractivity contribution in [1.29, 1.82) is 0 Å². The molecule has 4 nitrogen and oxygen atoms in total. The van der Waals surface area contributed by atoms with Gasteiger partial charge in [-0.15, -0.1) is 0 Å². The van der Waals surface area contributed by atoms with Crippen molar-refractivity contribution in [3.05, 3.63) is 28.2 Å². The van der Waals surface area contributed by atoms with Crippen LogP contribution in [-0.2, 0) is 9.59 Å². The predicted molar refractivity (Wildman–Crippen MR) is 80.5 cm³/mol. The molecule has 1 aromatic rings. The fourth-order valence-electron chi connectivity index (χ4n) is 2.49. The highest BCUT2D eigenvalue weighted by molar-refractivity contribution is 9.10. The van der Waals surface area contributed by atoms with Gasteiger partial charge in [0.2, 0.25) is 11.8 Å². The number of carbonyl (C=O) groups excluding carboxylic acids is 2. The second kappa shape index (κ2) is 5.20. The fourth-order valence-corrected chi connectivity index (χ4v) is 3.20. The molecule has 0 bridgehead atoms. The molecule has 1 aliphatic heterocycles. The Hall–Kier alpha value is -1.36. The van der Waals surface area contributed by atoms with Gasteiger partial charge in [0.05, 0.1) is 11.6 Å². The van der Waals surface area contributed by atoms with E-state index in [0.29, 0.717) is 19.0 Å². The first-order chi connectivity index (χ1) is 9.54. The summed E-state index contributed by atoms with van der Waals surface area (Å²) in [6.07, 6.45) is 2.44. The Morgan fingerprint density at radius 3 is 2.80 bits per heavy atom. The summed E-state index contributed by atoms with van der Waals surface area (Å²) in [5, 5.41) is 2.98. The molecule has 1 N–H and O–H groups in total. The molecule has 1 unspecified atom stereocenters. The summed E-state index contributed by atoms with van der Waals surface area (Å²) in [5.41, 5.74) is 1.98. The third kappa shape index (κ3) is 2.73. The van der Waals surface area contributed by atoms with E-state index in [-0.39, 0.29) is 17.7 Å². The van der Waals surface area contributed by atoms with E-state index < -0.39 is 0 Å². The third-order valence-corrected chi connectivity index (χ3v) is 4.45. The molecular weight excluding hydrogens is 320 g/mol. The van der Waals surface area contributed by atoms with Gasteiger partial charge in [-0.05, 0) is 53.4 Å². The largest absolute Gasteiger partial charge is 0.353 e. The Morgan fingerprint density at radius 1 is 1.40 bits per heavy atom. The summed E-state index contributed by atoms with van der Waals surface area (Å²) in [5.74, 6) is -0.187. The highest BCUT2D eigenvalue weighted by atomic mass is 79.9. The Morgan fingerprint density at radius 2 is 2.15 bits per heavy atom. The molecule has 1 aliphatic carbocycles. The van der Waals surface area contributed by atoms with Gasteiger partial charge in [0, 0.05) is 23.5 Å². The molecule has 1 aromatic carbocycles. The van der Waals surface area contributed by atoms with Gasteiger partial charge in [0.1, 0.15) is 0 Å². The zero-order chi connectivity index (χ0) is 14.3. The Balaban J connectivity index is 1.74. The van der Waals surface area contributed by atoms with Crippen molar-refractivity contribution in [2.75, 3.05) is 11.4 Å². The number of nitrogens with one attached hydrogen (secondary N) is 1. The maximum absolute atomic E-state index is 12.2. The van der Waals surface area contributed by atoms with Crippen molar-refractivity contribution in [2.24, 2.45) is 5.92 Å². The molecule has 2 fully saturated rings. The van der Waals surface area contributed by atoms with E-state index in [1.807, 2.05) is 25.1 Å². The van der Waals surface area contributed by atoms with Crippen molar-refractivity contribution in [2.45, 2.75) is 32.2 Å². The lowest BCUT2D eigenvalue weighted by molar-refractivity contribution is -0.126. The maximum Gasteiger partial charge on any atom is 0.227 e. The van der Waals surface area contributed by atoms with Gasteiger partial charge in [-0.3, -0.25) is 9.59 Å². The number of hydrogen-bond donors (Lipinski definition) is 1. The van der Waals surface area contributed by atoms with Crippen molar-refractivity contribution in [3.8, 4) is 0 Å². The molecule has 1 atom stereocenters. The zero-order valence-corrected chi connectivity index (χ0v) is 12.9. The summed E-state index contributed by atoms with van der Waals surface area (Å²) in [6.45, 7) is 2.48. The van der Waals surface area contributed by atoms with Crippen molar-refractivity contribution in [1.82, 2.24) is 5.32 Å². The molecule has 0 spiro atoms. The maximum atomic E-state index is 12.2. The van der Waals surface area contributed by atoms with E-state index in [4.69, 9.17) is 0 Å². The first-order valence-corrected chi connectivity index (χ1v) is 7.71. The first kappa shape index (κ1) is 13.6. The fraction of sp³-hybridized carbons (Fsp3) is 0.467. The quantitative estimate of drug-likeness (QED) is 0.921. The van der Waals surface area contributed by atoms with E-state index in [0.717, 1.165) is 28.6 Å². The number of nitrogens with zero attached hydrogens (tertiary/aromatic N) is 1. The monoisotopic (exact) mass is 336 g/mol. The number of hydrogen-bond acceptors (Lipinski definition) is 2. The summed E-state index contributed by atoms with van der Waals surface area (Å²) >= 11 is 3.50. The number of rotatable bonds is 3. The molecule has 1 heterocycles. The van der Waals surface area contributed by atoms with Gasteiger partial charge in [-0.2, -0.15) is 0 Å². The lowest BCUT2D eigenvalue weighted by atomic mass is 10.1. The lowest BCUT2D eigenvalue weighted by Crippen LogP contribution is -2.34. The van der Waals surface area contributed by atoms with Crippen LogP contribution in [0.2, 0.25) is 0 Å². The first-order valence-electron chi connectivity index (χ1n) is 6.91. The molecule has 0 aromatic heterocycles. The molecule has 5 heteroatoms.